The van der Waals surface area contributed by atoms with Crippen molar-refractivity contribution in [3.05, 3.63) is 67.2 Å². The fraction of sp³-hybridized carbons (Fsp3) is 0. The van der Waals surface area contributed by atoms with Crippen LogP contribution in [0.4, 0.5) is 0 Å². The number of carbonyl (C=O) groups is 1. The van der Waals surface area contributed by atoms with Crippen molar-refractivity contribution >= 4 is 17.1 Å². The van der Waals surface area contributed by atoms with E-state index in [4.69, 9.17) is 5.11 Å². The molecule has 0 unspecified atom stereocenters. The molecule has 0 aliphatic carbocycles. The summed E-state index contributed by atoms with van der Waals surface area (Å²) in [5.74, 6) is -0.879. The number of carboxylic acids is 1. The highest BCUT2D eigenvalue weighted by molar-refractivity contribution is 5.87. The molecule has 9 heteroatoms. The summed E-state index contributed by atoms with van der Waals surface area (Å²) in [7, 11) is 0. The van der Waals surface area contributed by atoms with Gasteiger partial charge in [0, 0.05) is 0 Å². The fourth-order valence-corrected chi connectivity index (χ4v) is 1.54. The van der Waals surface area contributed by atoms with Crippen LogP contribution in [0.15, 0.2) is 44.7 Å². The number of fused-ring (bicyclic) bond motifs is 1. The molecular weight excluding hydrogens is 280 g/mol. The van der Waals surface area contributed by atoms with Gasteiger partial charge >= 0.3 is 17.3 Å². The average Bonchev–Trinajstić information content (AvgIpc) is 2.81. The predicted molar refractivity (Wildman–Crippen MR) is 73.6 cm³/mol. The van der Waals surface area contributed by atoms with Crippen LogP contribution in [0.5, 0.6) is 0 Å². The largest absolute Gasteiger partial charge is 0.478 e. The molecule has 0 spiro atoms. The molecule has 21 heavy (non-hydrogen) atoms. The summed E-state index contributed by atoms with van der Waals surface area (Å²) in [6.45, 7) is 0. The van der Waals surface area contributed by atoms with Gasteiger partial charge in [-0.05, 0) is 12.1 Å². The van der Waals surface area contributed by atoms with Crippen molar-refractivity contribution in [2.45, 2.75) is 0 Å². The summed E-state index contributed by atoms with van der Waals surface area (Å²) in [6, 6.07) is 8.30. The normalized spacial score (nSPS) is 9.90. The number of aromatic amines is 4. The quantitative estimate of drug-likeness (QED) is 0.413. The van der Waals surface area contributed by atoms with Gasteiger partial charge in [-0.15, -0.1) is 0 Å². The standard InChI is InChI=1S/C7H6O2.C5H4N4O3/c8-7(9)6-4-2-1-3-5-6;10-3-1-2(7-4(11)6-1)8-5(12)9-3/h1-5H,(H,8,9);(H4,6,7,8,9,10,11,12). The van der Waals surface area contributed by atoms with Crippen LogP contribution in [0.3, 0.4) is 0 Å². The van der Waals surface area contributed by atoms with Crippen molar-refractivity contribution in [1.82, 2.24) is 19.9 Å². The zero-order valence-corrected chi connectivity index (χ0v) is 10.5. The Morgan fingerprint density at radius 2 is 1.43 bits per heavy atom. The van der Waals surface area contributed by atoms with Gasteiger partial charge in [-0.25, -0.2) is 14.4 Å². The van der Waals surface area contributed by atoms with Crippen LogP contribution >= 0.6 is 0 Å². The number of H-pyrrole nitrogens is 4. The van der Waals surface area contributed by atoms with Gasteiger partial charge in [-0.2, -0.15) is 0 Å². The van der Waals surface area contributed by atoms with Gasteiger partial charge in [-0.3, -0.25) is 24.7 Å². The van der Waals surface area contributed by atoms with Crippen molar-refractivity contribution in [3.63, 3.8) is 0 Å². The highest BCUT2D eigenvalue weighted by Gasteiger charge is 2.02. The molecule has 0 fully saturated rings. The first-order chi connectivity index (χ1) is 9.97. The average molecular weight is 290 g/mol. The van der Waals surface area contributed by atoms with Gasteiger partial charge in [0.2, 0.25) is 0 Å². The minimum atomic E-state index is -0.879. The van der Waals surface area contributed by atoms with E-state index < -0.39 is 22.9 Å². The molecule has 0 radical (unpaired) electrons. The van der Waals surface area contributed by atoms with Crippen LogP contribution in [0.1, 0.15) is 10.4 Å². The Balaban J connectivity index is 0.000000161. The van der Waals surface area contributed by atoms with E-state index in [0.29, 0.717) is 5.56 Å². The molecule has 0 aliphatic rings. The van der Waals surface area contributed by atoms with Gasteiger partial charge in [0.05, 0.1) is 5.56 Å². The van der Waals surface area contributed by atoms with Crippen molar-refractivity contribution in [2.24, 2.45) is 0 Å². The number of aromatic carboxylic acids is 1. The van der Waals surface area contributed by atoms with E-state index in [1.54, 1.807) is 30.3 Å². The van der Waals surface area contributed by atoms with Gasteiger partial charge in [-0.1, -0.05) is 18.2 Å². The minimum absolute atomic E-state index is 0.0413. The van der Waals surface area contributed by atoms with Crippen molar-refractivity contribution in [3.8, 4) is 0 Å². The molecule has 0 bridgehead atoms. The Hall–Kier alpha value is -3.36. The van der Waals surface area contributed by atoms with E-state index in [1.165, 1.54) is 0 Å². The molecule has 108 valence electrons. The molecule has 0 amide bonds. The molecule has 3 aromatic rings. The number of rotatable bonds is 1. The van der Waals surface area contributed by atoms with E-state index in [-0.39, 0.29) is 11.2 Å². The molecule has 9 nitrogen and oxygen atoms in total. The Bertz CT molecular complexity index is 932. The topological polar surface area (TPSA) is 152 Å². The lowest BCUT2D eigenvalue weighted by molar-refractivity contribution is 0.0697. The summed E-state index contributed by atoms with van der Waals surface area (Å²) in [6.07, 6.45) is 0. The second-order valence-electron chi connectivity index (χ2n) is 3.91. The van der Waals surface area contributed by atoms with Crippen LogP contribution in [0.25, 0.3) is 11.2 Å². The summed E-state index contributed by atoms with van der Waals surface area (Å²) in [4.78, 5) is 51.2. The lowest BCUT2D eigenvalue weighted by Gasteiger charge is -1.88. The molecule has 5 N–H and O–H groups in total. The second kappa shape index (κ2) is 5.74. The van der Waals surface area contributed by atoms with Crippen LogP contribution in [0, 0.1) is 0 Å². The van der Waals surface area contributed by atoms with Gasteiger partial charge in [0.25, 0.3) is 5.56 Å². The van der Waals surface area contributed by atoms with Crippen LogP contribution in [-0.2, 0) is 0 Å². The van der Waals surface area contributed by atoms with Gasteiger partial charge < -0.3 is 5.11 Å². The maximum atomic E-state index is 10.9. The smallest absolute Gasteiger partial charge is 0.335 e. The minimum Gasteiger partial charge on any atom is -0.478 e. The second-order valence-corrected chi connectivity index (χ2v) is 3.91. The van der Waals surface area contributed by atoms with E-state index in [1.807, 2.05) is 4.98 Å². The number of imidazole rings is 1. The van der Waals surface area contributed by atoms with Crippen molar-refractivity contribution < 1.29 is 9.90 Å². The Labute approximate surface area is 115 Å². The molecular formula is C12H10N4O5. The van der Waals surface area contributed by atoms with Gasteiger partial charge in [0.1, 0.15) is 11.2 Å². The van der Waals surface area contributed by atoms with E-state index in [9.17, 15) is 19.2 Å². The number of benzene rings is 1. The first-order valence-electron chi connectivity index (χ1n) is 5.70. The maximum absolute atomic E-state index is 10.9. The lowest BCUT2D eigenvalue weighted by Crippen LogP contribution is -2.21. The van der Waals surface area contributed by atoms with Crippen LogP contribution < -0.4 is 16.9 Å². The van der Waals surface area contributed by atoms with Crippen molar-refractivity contribution in [1.29, 1.82) is 0 Å². The molecule has 0 atom stereocenters. The molecule has 0 saturated heterocycles. The van der Waals surface area contributed by atoms with Gasteiger partial charge in [0.15, 0.2) is 0 Å². The SMILES string of the molecule is O=C(O)c1ccccc1.O=c1[nH]c(=O)c2[nH]c(=O)[nH]c2[nH]1. The Kier molecular flexibility index (Phi) is 3.84. The summed E-state index contributed by atoms with van der Waals surface area (Å²) in [5.41, 5.74) is -1.32. The Morgan fingerprint density at radius 3 is 1.95 bits per heavy atom. The van der Waals surface area contributed by atoms with E-state index in [2.05, 4.69) is 15.0 Å². The maximum Gasteiger partial charge on any atom is 0.335 e. The number of hydrogen-bond donors (Lipinski definition) is 5. The van der Waals surface area contributed by atoms with Crippen LogP contribution in [0.2, 0.25) is 0 Å². The Morgan fingerprint density at radius 1 is 0.857 bits per heavy atom. The predicted octanol–water partition coefficient (Wildman–Crippen LogP) is -0.382. The monoisotopic (exact) mass is 290 g/mol. The van der Waals surface area contributed by atoms with Crippen molar-refractivity contribution in [2.75, 3.05) is 0 Å². The molecule has 0 aliphatic heterocycles. The molecule has 0 saturated carbocycles. The zero-order valence-electron chi connectivity index (χ0n) is 10.5. The third kappa shape index (κ3) is 3.35. The molecule has 2 aromatic heterocycles. The molecule has 2 heterocycles. The third-order valence-corrected chi connectivity index (χ3v) is 2.44. The zero-order chi connectivity index (χ0) is 15.4. The number of carboxylic acid groups (broad SMARTS) is 1. The first-order valence-corrected chi connectivity index (χ1v) is 5.70. The summed E-state index contributed by atoms with van der Waals surface area (Å²) < 4.78 is 0. The number of nitrogens with one attached hydrogen (secondary N) is 4. The summed E-state index contributed by atoms with van der Waals surface area (Å²) >= 11 is 0. The van der Waals surface area contributed by atoms with Crippen LogP contribution in [-0.4, -0.2) is 31.0 Å². The lowest BCUT2D eigenvalue weighted by atomic mass is 10.2. The fourth-order valence-electron chi connectivity index (χ4n) is 1.54. The van der Waals surface area contributed by atoms with E-state index >= 15 is 0 Å². The highest BCUT2D eigenvalue weighted by Crippen LogP contribution is 1.96. The third-order valence-electron chi connectivity index (χ3n) is 2.44. The number of aromatic nitrogens is 4. The first kappa shape index (κ1) is 14.1. The summed E-state index contributed by atoms with van der Waals surface area (Å²) in [5, 5.41) is 8.38. The highest BCUT2D eigenvalue weighted by atomic mass is 16.4. The molecule has 1 aromatic carbocycles. The number of hydrogen-bond acceptors (Lipinski definition) is 4. The molecule has 3 rings (SSSR count). The van der Waals surface area contributed by atoms with E-state index in [0.717, 1.165) is 0 Å².